The van der Waals surface area contributed by atoms with Gasteiger partial charge in [0.2, 0.25) is 0 Å². The summed E-state index contributed by atoms with van der Waals surface area (Å²) in [5.74, 6) is -0.284. The van der Waals surface area contributed by atoms with Crippen molar-refractivity contribution >= 4 is 5.97 Å². The number of nitrogens with zero attached hydrogens (tertiary/aromatic N) is 1. The molecule has 0 saturated carbocycles. The lowest BCUT2D eigenvalue weighted by molar-refractivity contribution is -0.149. The van der Waals surface area contributed by atoms with E-state index in [-0.39, 0.29) is 12.2 Å². The maximum absolute atomic E-state index is 11.1. The highest BCUT2D eigenvalue weighted by Gasteiger charge is 2.28. The van der Waals surface area contributed by atoms with E-state index >= 15 is 0 Å². The zero-order chi connectivity index (χ0) is 9.14. The van der Waals surface area contributed by atoms with Crippen LogP contribution >= 0.6 is 0 Å². The van der Waals surface area contributed by atoms with Gasteiger partial charge in [0.1, 0.15) is 0 Å². The van der Waals surface area contributed by atoms with Crippen LogP contribution in [0.4, 0.5) is 0 Å². The summed E-state index contributed by atoms with van der Waals surface area (Å²) < 4.78 is 5.17. The van der Waals surface area contributed by atoms with E-state index in [1.165, 1.54) is 0 Å². The molecule has 0 aromatic rings. The molecule has 0 N–H and O–H groups in total. The van der Waals surface area contributed by atoms with E-state index in [2.05, 4.69) is 11.5 Å². The van der Waals surface area contributed by atoms with Gasteiger partial charge in [-0.15, -0.1) is 0 Å². The van der Waals surface area contributed by atoms with Crippen molar-refractivity contribution in [3.8, 4) is 0 Å². The van der Waals surface area contributed by atoms with Gasteiger partial charge in [-0.1, -0.05) is 13.5 Å². The number of rotatable bonds is 4. The Kier molecular flexibility index (Phi) is 2.87. The number of hydrogen-bond acceptors (Lipinski definition) is 3. The van der Waals surface area contributed by atoms with Crippen molar-refractivity contribution in [3.63, 3.8) is 0 Å². The fourth-order valence-corrected chi connectivity index (χ4v) is 0.986. The van der Waals surface area contributed by atoms with E-state index in [0.29, 0.717) is 5.57 Å². The average Bonchev–Trinajstić information content (AvgIpc) is 2.82. The molecule has 3 heteroatoms. The van der Waals surface area contributed by atoms with Crippen LogP contribution in [0.5, 0.6) is 0 Å². The summed E-state index contributed by atoms with van der Waals surface area (Å²) in [6, 6.07) is 0. The van der Waals surface area contributed by atoms with Gasteiger partial charge in [0.15, 0.2) is 6.23 Å². The molecule has 12 heavy (non-hydrogen) atoms. The number of ether oxygens (including phenoxy) is 1. The first kappa shape index (κ1) is 9.26. The molecule has 1 aliphatic rings. The Labute approximate surface area is 73.0 Å². The van der Waals surface area contributed by atoms with Gasteiger partial charge in [-0.05, 0) is 13.3 Å². The maximum atomic E-state index is 11.1. The minimum absolute atomic E-state index is 0.0331. The smallest absolute Gasteiger partial charge is 0.334 e. The van der Waals surface area contributed by atoms with Gasteiger partial charge in [0.05, 0.1) is 0 Å². The van der Waals surface area contributed by atoms with Gasteiger partial charge >= 0.3 is 5.97 Å². The monoisotopic (exact) mass is 169 g/mol. The molecule has 0 radical (unpaired) electrons. The summed E-state index contributed by atoms with van der Waals surface area (Å²) >= 11 is 0. The van der Waals surface area contributed by atoms with Gasteiger partial charge in [0.25, 0.3) is 0 Å². The van der Waals surface area contributed by atoms with E-state index in [9.17, 15) is 4.79 Å². The Balaban J connectivity index is 2.36. The quantitative estimate of drug-likeness (QED) is 0.359. The third-order valence-electron chi connectivity index (χ3n) is 1.83. The molecule has 1 saturated heterocycles. The third-order valence-corrected chi connectivity index (χ3v) is 1.83. The Bertz CT molecular complexity index is 197. The average molecular weight is 169 g/mol. The van der Waals surface area contributed by atoms with Crippen molar-refractivity contribution in [2.45, 2.75) is 26.5 Å². The number of carbonyl (C=O) groups excluding carboxylic acids is 1. The Morgan fingerprint density at radius 1 is 1.67 bits per heavy atom. The highest BCUT2D eigenvalue weighted by molar-refractivity contribution is 5.87. The van der Waals surface area contributed by atoms with Crippen LogP contribution in [0.15, 0.2) is 12.2 Å². The minimum Gasteiger partial charge on any atom is -0.443 e. The summed E-state index contributed by atoms with van der Waals surface area (Å²) in [4.78, 5) is 13.2. The second-order valence-corrected chi connectivity index (χ2v) is 3.08. The Morgan fingerprint density at radius 3 is 2.58 bits per heavy atom. The molecule has 1 atom stereocenters. The Hall–Kier alpha value is -0.830. The molecule has 1 unspecified atom stereocenters. The van der Waals surface area contributed by atoms with Crippen LogP contribution in [0.1, 0.15) is 20.3 Å². The maximum Gasteiger partial charge on any atom is 0.334 e. The SMILES string of the molecule is C=C(C)C(=O)OC(CC)N1CC1. The van der Waals surface area contributed by atoms with Crippen molar-refractivity contribution in [2.75, 3.05) is 13.1 Å². The molecule has 0 amide bonds. The molecule has 0 bridgehead atoms. The second-order valence-electron chi connectivity index (χ2n) is 3.08. The van der Waals surface area contributed by atoms with Crippen LogP contribution in [-0.2, 0) is 9.53 Å². The molecule has 0 aromatic carbocycles. The normalized spacial score (nSPS) is 18.5. The zero-order valence-corrected chi connectivity index (χ0v) is 7.67. The third kappa shape index (κ3) is 2.34. The summed E-state index contributed by atoms with van der Waals surface area (Å²) in [5.41, 5.74) is 0.468. The number of esters is 1. The molecule has 0 aliphatic carbocycles. The lowest BCUT2D eigenvalue weighted by Crippen LogP contribution is -2.25. The summed E-state index contributed by atoms with van der Waals surface area (Å²) in [7, 11) is 0. The van der Waals surface area contributed by atoms with Crippen LogP contribution in [0, 0.1) is 0 Å². The molecule has 0 spiro atoms. The van der Waals surface area contributed by atoms with Crippen LogP contribution in [0.3, 0.4) is 0 Å². The van der Waals surface area contributed by atoms with E-state index in [1.54, 1.807) is 6.92 Å². The first-order chi connectivity index (χ1) is 5.65. The van der Waals surface area contributed by atoms with Gasteiger partial charge in [-0.2, -0.15) is 0 Å². The van der Waals surface area contributed by atoms with Gasteiger partial charge in [-0.3, -0.25) is 4.90 Å². The fourth-order valence-electron chi connectivity index (χ4n) is 0.986. The van der Waals surface area contributed by atoms with E-state index in [4.69, 9.17) is 4.74 Å². The lowest BCUT2D eigenvalue weighted by Gasteiger charge is -2.16. The zero-order valence-electron chi connectivity index (χ0n) is 7.67. The van der Waals surface area contributed by atoms with Gasteiger partial charge in [0, 0.05) is 18.7 Å². The number of hydrogen-bond donors (Lipinski definition) is 0. The highest BCUT2D eigenvalue weighted by atomic mass is 16.6. The van der Waals surface area contributed by atoms with Crippen LogP contribution < -0.4 is 0 Å². The van der Waals surface area contributed by atoms with Crippen LogP contribution in [0.2, 0.25) is 0 Å². The molecule has 1 fully saturated rings. The van der Waals surface area contributed by atoms with Gasteiger partial charge < -0.3 is 4.74 Å². The van der Waals surface area contributed by atoms with Crippen LogP contribution in [0.25, 0.3) is 0 Å². The Morgan fingerprint density at radius 2 is 2.25 bits per heavy atom. The first-order valence-electron chi connectivity index (χ1n) is 4.25. The summed E-state index contributed by atoms with van der Waals surface area (Å²) in [6.45, 7) is 9.29. The van der Waals surface area contributed by atoms with E-state index < -0.39 is 0 Å². The van der Waals surface area contributed by atoms with Crippen molar-refractivity contribution in [1.82, 2.24) is 4.90 Å². The highest BCUT2D eigenvalue weighted by Crippen LogP contribution is 2.15. The number of carbonyl (C=O) groups is 1. The molecular weight excluding hydrogens is 154 g/mol. The molecule has 0 aromatic heterocycles. The molecule has 1 aliphatic heterocycles. The second kappa shape index (κ2) is 3.72. The first-order valence-corrected chi connectivity index (χ1v) is 4.25. The molecule has 1 rings (SSSR count). The van der Waals surface area contributed by atoms with Crippen molar-refractivity contribution in [3.05, 3.63) is 12.2 Å². The minimum atomic E-state index is -0.284. The van der Waals surface area contributed by atoms with Crippen molar-refractivity contribution in [1.29, 1.82) is 0 Å². The predicted molar refractivity (Wildman–Crippen MR) is 46.6 cm³/mol. The molecular formula is C9H15NO2. The summed E-state index contributed by atoms with van der Waals surface area (Å²) in [5, 5.41) is 0. The topological polar surface area (TPSA) is 29.3 Å². The summed E-state index contributed by atoms with van der Waals surface area (Å²) in [6.07, 6.45) is 0.813. The predicted octanol–water partition coefficient (Wildman–Crippen LogP) is 1.16. The van der Waals surface area contributed by atoms with Crippen LogP contribution in [-0.4, -0.2) is 30.2 Å². The molecule has 68 valence electrons. The van der Waals surface area contributed by atoms with Crippen molar-refractivity contribution in [2.24, 2.45) is 0 Å². The van der Waals surface area contributed by atoms with Crippen molar-refractivity contribution < 1.29 is 9.53 Å². The molecule has 3 nitrogen and oxygen atoms in total. The molecule has 1 heterocycles. The standard InChI is InChI=1S/C9H15NO2/c1-4-8(10-5-6-10)12-9(11)7(2)3/h8H,2,4-6H2,1,3H3. The lowest BCUT2D eigenvalue weighted by atomic mass is 10.3. The van der Waals surface area contributed by atoms with E-state index in [1.807, 2.05) is 6.92 Å². The van der Waals surface area contributed by atoms with Gasteiger partial charge in [-0.25, -0.2) is 4.79 Å². The van der Waals surface area contributed by atoms with E-state index in [0.717, 1.165) is 19.5 Å². The largest absolute Gasteiger partial charge is 0.443 e. The fraction of sp³-hybridized carbons (Fsp3) is 0.667.